The molecule has 1 unspecified atom stereocenters. The second kappa shape index (κ2) is 6.92. The molecule has 0 aromatic carbocycles. The van der Waals surface area contributed by atoms with Crippen LogP contribution >= 0.6 is 0 Å². The predicted octanol–water partition coefficient (Wildman–Crippen LogP) is 0.977. The number of carbonyl (C=O) groups is 2. The molecular weight excluding hydrogens is 258 g/mol. The summed E-state index contributed by atoms with van der Waals surface area (Å²) in [5.74, 6) is 0.0156. The molecule has 1 aliphatic carbocycles. The van der Waals surface area contributed by atoms with Crippen molar-refractivity contribution < 1.29 is 14.7 Å². The first kappa shape index (κ1) is 15.1. The molecule has 2 aliphatic rings. The third kappa shape index (κ3) is 4.67. The lowest BCUT2D eigenvalue weighted by Crippen LogP contribution is -2.53. The lowest BCUT2D eigenvalue weighted by atomic mass is 10.1. The fraction of sp³-hybridized carbons (Fsp3) is 0.857. The zero-order valence-electron chi connectivity index (χ0n) is 12.2. The Morgan fingerprint density at radius 2 is 1.90 bits per heavy atom. The molecule has 1 saturated heterocycles. The van der Waals surface area contributed by atoms with Gasteiger partial charge in [-0.15, -0.1) is 0 Å². The molecule has 1 atom stereocenters. The van der Waals surface area contributed by atoms with E-state index < -0.39 is 5.97 Å². The van der Waals surface area contributed by atoms with Crippen LogP contribution in [0.5, 0.6) is 0 Å². The van der Waals surface area contributed by atoms with E-state index in [1.165, 1.54) is 19.4 Å². The van der Waals surface area contributed by atoms with Crippen LogP contribution in [-0.4, -0.2) is 65.7 Å². The van der Waals surface area contributed by atoms with Crippen LogP contribution in [0.1, 0.15) is 32.6 Å². The van der Waals surface area contributed by atoms with Crippen LogP contribution in [-0.2, 0) is 4.79 Å². The Morgan fingerprint density at radius 1 is 1.25 bits per heavy atom. The normalized spacial score (nSPS) is 21.6. The molecule has 0 spiro atoms. The molecule has 2 N–H and O–H groups in total. The molecule has 2 amide bonds. The molecular formula is C14H25N3O3. The smallest absolute Gasteiger partial charge is 0.317 e. The SMILES string of the molecule is CCC(CC(=O)O)NC(=O)N1CCN(CC2CC2)CC1. The van der Waals surface area contributed by atoms with Crippen LogP contribution in [0.3, 0.4) is 0 Å². The van der Waals surface area contributed by atoms with Gasteiger partial charge in [-0.1, -0.05) is 6.92 Å². The van der Waals surface area contributed by atoms with Crippen LogP contribution in [0.4, 0.5) is 4.79 Å². The van der Waals surface area contributed by atoms with Crippen molar-refractivity contribution in [1.82, 2.24) is 15.1 Å². The highest BCUT2D eigenvalue weighted by atomic mass is 16.4. The van der Waals surface area contributed by atoms with Crippen molar-refractivity contribution in [1.29, 1.82) is 0 Å². The maximum absolute atomic E-state index is 12.1. The molecule has 6 heteroatoms. The summed E-state index contributed by atoms with van der Waals surface area (Å²) in [6.07, 6.45) is 3.34. The molecule has 2 fully saturated rings. The van der Waals surface area contributed by atoms with Gasteiger partial charge in [0.2, 0.25) is 0 Å². The number of carboxylic acid groups (broad SMARTS) is 1. The monoisotopic (exact) mass is 283 g/mol. The average molecular weight is 283 g/mol. The zero-order valence-corrected chi connectivity index (χ0v) is 12.2. The van der Waals surface area contributed by atoms with Gasteiger partial charge >= 0.3 is 12.0 Å². The van der Waals surface area contributed by atoms with E-state index in [0.717, 1.165) is 32.1 Å². The van der Waals surface area contributed by atoms with Crippen LogP contribution < -0.4 is 5.32 Å². The number of carboxylic acids is 1. The quantitative estimate of drug-likeness (QED) is 0.762. The number of aliphatic carboxylic acids is 1. The van der Waals surface area contributed by atoms with E-state index in [-0.39, 0.29) is 18.5 Å². The van der Waals surface area contributed by atoms with Crippen molar-refractivity contribution >= 4 is 12.0 Å². The Labute approximate surface area is 120 Å². The lowest BCUT2D eigenvalue weighted by Gasteiger charge is -2.35. The third-order valence-corrected chi connectivity index (χ3v) is 4.11. The fourth-order valence-electron chi connectivity index (χ4n) is 2.57. The first-order valence-corrected chi connectivity index (χ1v) is 7.58. The summed E-state index contributed by atoms with van der Waals surface area (Å²) >= 11 is 0. The van der Waals surface area contributed by atoms with Gasteiger partial charge in [-0.2, -0.15) is 0 Å². The van der Waals surface area contributed by atoms with E-state index in [1.54, 1.807) is 4.90 Å². The zero-order chi connectivity index (χ0) is 14.5. The van der Waals surface area contributed by atoms with E-state index in [9.17, 15) is 9.59 Å². The Balaban J connectivity index is 1.71. The molecule has 2 rings (SSSR count). The summed E-state index contributed by atoms with van der Waals surface area (Å²) in [5, 5.41) is 11.6. The van der Waals surface area contributed by atoms with Gasteiger partial charge in [0.15, 0.2) is 0 Å². The topological polar surface area (TPSA) is 72.9 Å². The minimum atomic E-state index is -0.869. The van der Waals surface area contributed by atoms with Crippen LogP contribution in [0.2, 0.25) is 0 Å². The minimum absolute atomic E-state index is 0.0100. The highest BCUT2D eigenvalue weighted by Crippen LogP contribution is 2.29. The van der Waals surface area contributed by atoms with Crippen LogP contribution in [0.15, 0.2) is 0 Å². The highest BCUT2D eigenvalue weighted by Gasteiger charge is 2.28. The fourth-order valence-corrected chi connectivity index (χ4v) is 2.57. The number of carbonyl (C=O) groups excluding carboxylic acids is 1. The standard InChI is InChI=1S/C14H25N3O3/c1-2-12(9-13(18)19)15-14(20)17-7-5-16(6-8-17)10-11-3-4-11/h11-12H,2-10H2,1H3,(H,15,20)(H,18,19). The highest BCUT2D eigenvalue weighted by molar-refractivity contribution is 5.76. The van der Waals surface area contributed by atoms with Crippen LogP contribution in [0.25, 0.3) is 0 Å². The van der Waals surface area contributed by atoms with Gasteiger partial charge in [0.25, 0.3) is 0 Å². The lowest BCUT2D eigenvalue weighted by molar-refractivity contribution is -0.137. The first-order chi connectivity index (χ1) is 9.58. The Kier molecular flexibility index (Phi) is 5.23. The van der Waals surface area contributed by atoms with Crippen molar-refractivity contribution in [3.8, 4) is 0 Å². The molecule has 0 bridgehead atoms. The van der Waals surface area contributed by atoms with E-state index in [0.29, 0.717) is 6.42 Å². The molecule has 114 valence electrons. The van der Waals surface area contributed by atoms with Gasteiger partial charge in [-0.3, -0.25) is 9.69 Å². The van der Waals surface area contributed by atoms with E-state index in [1.807, 2.05) is 6.92 Å². The van der Waals surface area contributed by atoms with Gasteiger partial charge in [0.1, 0.15) is 0 Å². The number of nitrogens with zero attached hydrogens (tertiary/aromatic N) is 2. The summed E-state index contributed by atoms with van der Waals surface area (Å²) in [4.78, 5) is 27.0. The summed E-state index contributed by atoms with van der Waals surface area (Å²) in [5.41, 5.74) is 0. The van der Waals surface area contributed by atoms with Crippen molar-refractivity contribution in [2.45, 2.75) is 38.6 Å². The number of rotatable bonds is 6. The molecule has 1 saturated carbocycles. The maximum Gasteiger partial charge on any atom is 0.317 e. The largest absolute Gasteiger partial charge is 0.481 e. The molecule has 1 aliphatic heterocycles. The van der Waals surface area contributed by atoms with Crippen molar-refractivity contribution in [3.63, 3.8) is 0 Å². The summed E-state index contributed by atoms with van der Waals surface area (Å²) in [7, 11) is 0. The second-order valence-corrected chi connectivity index (χ2v) is 5.88. The van der Waals surface area contributed by atoms with E-state index in [2.05, 4.69) is 10.2 Å². The Morgan fingerprint density at radius 3 is 2.40 bits per heavy atom. The summed E-state index contributed by atoms with van der Waals surface area (Å²) in [6, 6.07) is -0.395. The van der Waals surface area contributed by atoms with Gasteiger partial charge < -0.3 is 15.3 Å². The van der Waals surface area contributed by atoms with Crippen molar-refractivity contribution in [2.75, 3.05) is 32.7 Å². The van der Waals surface area contributed by atoms with Gasteiger partial charge in [0, 0.05) is 38.8 Å². The summed E-state index contributed by atoms with van der Waals surface area (Å²) < 4.78 is 0. The molecule has 20 heavy (non-hydrogen) atoms. The minimum Gasteiger partial charge on any atom is -0.481 e. The van der Waals surface area contributed by atoms with Crippen molar-refractivity contribution in [2.24, 2.45) is 5.92 Å². The van der Waals surface area contributed by atoms with E-state index >= 15 is 0 Å². The van der Waals surface area contributed by atoms with E-state index in [4.69, 9.17) is 5.11 Å². The van der Waals surface area contributed by atoms with Gasteiger partial charge in [-0.25, -0.2) is 4.79 Å². The van der Waals surface area contributed by atoms with Gasteiger partial charge in [0.05, 0.1) is 6.42 Å². The molecule has 0 radical (unpaired) electrons. The second-order valence-electron chi connectivity index (χ2n) is 5.88. The predicted molar refractivity (Wildman–Crippen MR) is 75.6 cm³/mol. The van der Waals surface area contributed by atoms with Gasteiger partial charge in [-0.05, 0) is 25.2 Å². The van der Waals surface area contributed by atoms with Crippen LogP contribution in [0, 0.1) is 5.92 Å². The maximum atomic E-state index is 12.1. The first-order valence-electron chi connectivity index (χ1n) is 7.58. The Bertz CT molecular complexity index is 350. The Hall–Kier alpha value is -1.30. The number of hydrogen-bond acceptors (Lipinski definition) is 3. The number of nitrogens with one attached hydrogen (secondary N) is 1. The number of piperazine rings is 1. The molecule has 0 aromatic heterocycles. The third-order valence-electron chi connectivity index (χ3n) is 4.11. The number of urea groups is 1. The molecule has 6 nitrogen and oxygen atoms in total. The number of amides is 2. The van der Waals surface area contributed by atoms with Crippen molar-refractivity contribution in [3.05, 3.63) is 0 Å². The summed E-state index contributed by atoms with van der Waals surface area (Å²) in [6.45, 7) is 6.40. The molecule has 1 heterocycles. The number of hydrogen-bond donors (Lipinski definition) is 2. The average Bonchev–Trinajstić information content (AvgIpc) is 3.22. The molecule has 0 aromatic rings.